The van der Waals surface area contributed by atoms with E-state index in [-0.39, 0.29) is 5.69 Å². The molecule has 0 radical (unpaired) electrons. The number of halogens is 2. The molecule has 4 nitrogen and oxygen atoms in total. The summed E-state index contributed by atoms with van der Waals surface area (Å²) in [5.74, 6) is -4.91. The van der Waals surface area contributed by atoms with E-state index in [1.807, 2.05) is 0 Å². The van der Waals surface area contributed by atoms with Gasteiger partial charge in [0.05, 0.1) is 6.20 Å². The van der Waals surface area contributed by atoms with E-state index in [4.69, 9.17) is 5.11 Å². The highest BCUT2D eigenvalue weighted by Gasteiger charge is 2.38. The molecule has 14 heavy (non-hydrogen) atoms. The summed E-state index contributed by atoms with van der Waals surface area (Å²) >= 11 is 0. The zero-order valence-electron chi connectivity index (χ0n) is 7.79. The van der Waals surface area contributed by atoms with Gasteiger partial charge in [-0.05, 0) is 12.5 Å². The fraction of sp³-hybridized carbons (Fsp3) is 0.500. The highest BCUT2D eigenvalue weighted by atomic mass is 19.3. The Labute approximate surface area is 79.2 Å². The summed E-state index contributed by atoms with van der Waals surface area (Å²) in [4.78, 5) is 10.2. The van der Waals surface area contributed by atoms with Gasteiger partial charge in [-0.2, -0.15) is 13.9 Å². The van der Waals surface area contributed by atoms with Crippen molar-refractivity contribution in [2.45, 2.75) is 19.3 Å². The monoisotopic (exact) mass is 204 g/mol. The van der Waals surface area contributed by atoms with E-state index in [0.717, 1.165) is 4.68 Å². The van der Waals surface area contributed by atoms with Crippen molar-refractivity contribution < 1.29 is 18.7 Å². The van der Waals surface area contributed by atoms with Crippen molar-refractivity contribution in [3.63, 3.8) is 0 Å². The van der Waals surface area contributed by atoms with Crippen LogP contribution < -0.4 is 0 Å². The number of hydrogen-bond donors (Lipinski definition) is 1. The van der Waals surface area contributed by atoms with Crippen molar-refractivity contribution in [1.29, 1.82) is 0 Å². The molecule has 0 atom stereocenters. The molecule has 0 aliphatic rings. The van der Waals surface area contributed by atoms with E-state index in [1.165, 1.54) is 20.2 Å². The van der Waals surface area contributed by atoms with E-state index < -0.39 is 18.3 Å². The Kier molecular flexibility index (Phi) is 2.55. The third-order valence-electron chi connectivity index (χ3n) is 1.84. The first-order valence-corrected chi connectivity index (χ1v) is 3.93. The number of carboxylic acid groups (broad SMARTS) is 1. The van der Waals surface area contributed by atoms with Crippen LogP contribution in [0.25, 0.3) is 0 Å². The van der Waals surface area contributed by atoms with Gasteiger partial charge in [0.15, 0.2) is 0 Å². The third-order valence-corrected chi connectivity index (χ3v) is 1.84. The van der Waals surface area contributed by atoms with Crippen LogP contribution in [-0.4, -0.2) is 20.9 Å². The van der Waals surface area contributed by atoms with Crippen molar-refractivity contribution >= 4 is 5.97 Å². The van der Waals surface area contributed by atoms with E-state index in [0.29, 0.717) is 5.56 Å². The SMILES string of the molecule is Cc1cnn(C)c1C(F)(F)CC(=O)O. The summed E-state index contributed by atoms with van der Waals surface area (Å²) in [6.07, 6.45) is 0.0679. The average molecular weight is 204 g/mol. The smallest absolute Gasteiger partial charge is 0.309 e. The van der Waals surface area contributed by atoms with Crippen LogP contribution in [0.1, 0.15) is 17.7 Å². The molecule has 1 aromatic rings. The number of alkyl halides is 2. The lowest BCUT2D eigenvalue weighted by Gasteiger charge is -2.15. The van der Waals surface area contributed by atoms with Gasteiger partial charge in [0.1, 0.15) is 12.1 Å². The molecule has 0 aromatic carbocycles. The number of aryl methyl sites for hydroxylation is 2. The summed E-state index contributed by atoms with van der Waals surface area (Å²) < 4.78 is 27.6. The first kappa shape index (κ1) is 10.6. The predicted octanol–water partition coefficient (Wildman–Crippen LogP) is 1.30. The van der Waals surface area contributed by atoms with Crippen LogP contribution in [0, 0.1) is 6.92 Å². The molecule has 0 fully saturated rings. The van der Waals surface area contributed by atoms with Crippen LogP contribution >= 0.6 is 0 Å². The van der Waals surface area contributed by atoms with Gasteiger partial charge in [0.2, 0.25) is 0 Å². The molecule has 1 aromatic heterocycles. The van der Waals surface area contributed by atoms with Crippen molar-refractivity contribution in [3.05, 3.63) is 17.5 Å². The molecule has 0 unspecified atom stereocenters. The highest BCUT2D eigenvalue weighted by Crippen LogP contribution is 2.33. The number of nitrogens with zero attached hydrogens (tertiary/aromatic N) is 2. The molecule has 1 N–H and O–H groups in total. The maximum absolute atomic E-state index is 13.3. The van der Waals surface area contributed by atoms with E-state index in [2.05, 4.69) is 5.10 Å². The van der Waals surface area contributed by atoms with Crippen LogP contribution in [0.2, 0.25) is 0 Å². The maximum Gasteiger partial charge on any atom is 0.309 e. The second-order valence-electron chi connectivity index (χ2n) is 3.07. The number of aromatic nitrogens is 2. The van der Waals surface area contributed by atoms with Gasteiger partial charge in [-0.1, -0.05) is 0 Å². The number of carboxylic acids is 1. The summed E-state index contributed by atoms with van der Waals surface area (Å²) in [5.41, 5.74) is -0.0568. The van der Waals surface area contributed by atoms with Crippen LogP contribution in [0.3, 0.4) is 0 Å². The zero-order chi connectivity index (χ0) is 10.9. The largest absolute Gasteiger partial charge is 0.481 e. The standard InChI is InChI=1S/C8H10F2N2O2/c1-5-4-11-12(2)7(5)8(9,10)3-6(13)14/h4H,3H2,1-2H3,(H,13,14). The van der Waals surface area contributed by atoms with E-state index >= 15 is 0 Å². The minimum Gasteiger partial charge on any atom is -0.481 e. The second kappa shape index (κ2) is 3.36. The lowest BCUT2D eigenvalue weighted by molar-refractivity contribution is -0.146. The molecule has 6 heteroatoms. The molecule has 78 valence electrons. The van der Waals surface area contributed by atoms with Gasteiger partial charge in [0.25, 0.3) is 5.92 Å². The first-order chi connectivity index (χ1) is 6.34. The first-order valence-electron chi connectivity index (χ1n) is 3.93. The number of hydrogen-bond acceptors (Lipinski definition) is 2. The molecule has 0 amide bonds. The van der Waals surface area contributed by atoms with Gasteiger partial charge >= 0.3 is 5.97 Å². The molecule has 1 rings (SSSR count). The Morgan fingerprint density at radius 2 is 2.29 bits per heavy atom. The van der Waals surface area contributed by atoms with Gasteiger partial charge < -0.3 is 5.11 Å². The molecule has 0 aliphatic heterocycles. The average Bonchev–Trinajstić information content (AvgIpc) is 2.27. The van der Waals surface area contributed by atoms with Gasteiger partial charge in [-0.3, -0.25) is 9.48 Å². The molecule has 0 aliphatic carbocycles. The van der Waals surface area contributed by atoms with Crippen molar-refractivity contribution in [2.24, 2.45) is 7.05 Å². The maximum atomic E-state index is 13.3. The number of carbonyl (C=O) groups is 1. The summed E-state index contributed by atoms with van der Waals surface area (Å²) in [7, 11) is 1.36. The van der Waals surface area contributed by atoms with Gasteiger partial charge in [-0.25, -0.2) is 0 Å². The van der Waals surface area contributed by atoms with Gasteiger partial charge in [0, 0.05) is 7.05 Å². The topological polar surface area (TPSA) is 55.1 Å². The molecular formula is C8H10F2N2O2. The number of aliphatic carboxylic acids is 1. The Hall–Kier alpha value is -1.46. The molecule has 0 saturated carbocycles. The third kappa shape index (κ3) is 1.89. The molecule has 0 spiro atoms. The zero-order valence-corrected chi connectivity index (χ0v) is 7.79. The molecule has 0 bridgehead atoms. The predicted molar refractivity (Wildman–Crippen MR) is 44.1 cm³/mol. The van der Waals surface area contributed by atoms with Crippen LogP contribution in [0.5, 0.6) is 0 Å². The minimum atomic E-state index is -3.37. The molecule has 1 heterocycles. The number of rotatable bonds is 3. The quantitative estimate of drug-likeness (QED) is 0.807. The van der Waals surface area contributed by atoms with Crippen LogP contribution in [0.15, 0.2) is 6.20 Å². The second-order valence-corrected chi connectivity index (χ2v) is 3.07. The van der Waals surface area contributed by atoms with Crippen LogP contribution in [-0.2, 0) is 17.8 Å². The van der Waals surface area contributed by atoms with Crippen LogP contribution in [0.4, 0.5) is 8.78 Å². The molecular weight excluding hydrogens is 194 g/mol. The Morgan fingerprint density at radius 1 is 1.71 bits per heavy atom. The lowest BCUT2D eigenvalue weighted by Crippen LogP contribution is -2.22. The van der Waals surface area contributed by atoms with Crippen molar-refractivity contribution in [2.75, 3.05) is 0 Å². The van der Waals surface area contributed by atoms with E-state index in [1.54, 1.807) is 0 Å². The summed E-state index contributed by atoms with van der Waals surface area (Å²) in [5, 5.41) is 12.0. The van der Waals surface area contributed by atoms with E-state index in [9.17, 15) is 13.6 Å². The summed E-state index contributed by atoms with van der Waals surface area (Å²) in [6.45, 7) is 1.47. The minimum absolute atomic E-state index is 0.291. The summed E-state index contributed by atoms with van der Waals surface area (Å²) in [6, 6.07) is 0. The van der Waals surface area contributed by atoms with Crippen molar-refractivity contribution in [3.8, 4) is 0 Å². The lowest BCUT2D eigenvalue weighted by atomic mass is 10.1. The Balaban J connectivity index is 3.08. The fourth-order valence-electron chi connectivity index (χ4n) is 1.35. The Bertz CT molecular complexity index is 341. The molecule has 0 saturated heterocycles. The normalized spacial score (nSPS) is 11.7. The Morgan fingerprint density at radius 3 is 2.64 bits per heavy atom. The van der Waals surface area contributed by atoms with Gasteiger partial charge in [-0.15, -0.1) is 0 Å². The van der Waals surface area contributed by atoms with Crippen molar-refractivity contribution in [1.82, 2.24) is 9.78 Å². The fourth-order valence-corrected chi connectivity index (χ4v) is 1.35. The highest BCUT2D eigenvalue weighted by molar-refractivity contribution is 5.68.